The molecule has 1 aliphatic rings. The first-order chi connectivity index (χ1) is 24.4. The monoisotopic (exact) mass is 709 g/mol. The molecule has 290 valence electrons. The van der Waals surface area contributed by atoms with Crippen LogP contribution in [0.2, 0.25) is 0 Å². The molecule has 0 bridgehead atoms. The molecule has 6 unspecified atom stereocenters. The Morgan fingerprint density at radius 3 is 1.76 bits per heavy atom. The third-order valence-electron chi connectivity index (χ3n) is 8.76. The number of allylic oxidation sites excluding steroid dienone is 8. The minimum Gasteiger partial charge on any atom is -0.457 e. The molecule has 9 nitrogen and oxygen atoms in total. The molecule has 9 heteroatoms. The average Bonchev–Trinajstić information content (AvgIpc) is 3.11. The van der Waals surface area contributed by atoms with Gasteiger partial charge in [0.1, 0.15) is 30.5 Å². The van der Waals surface area contributed by atoms with Gasteiger partial charge < -0.3 is 39.4 Å². The Labute approximate surface area is 303 Å². The summed E-state index contributed by atoms with van der Waals surface area (Å²) in [5.74, 6) is -0.334. The summed E-state index contributed by atoms with van der Waals surface area (Å²) in [5.41, 5.74) is 0. The number of aliphatic hydroxyl groups excluding tert-OH is 4. The van der Waals surface area contributed by atoms with E-state index in [0.717, 1.165) is 57.8 Å². The lowest BCUT2D eigenvalue weighted by Gasteiger charge is -2.39. The lowest BCUT2D eigenvalue weighted by molar-refractivity contribution is -0.305. The van der Waals surface area contributed by atoms with Gasteiger partial charge in [0.05, 0.1) is 19.8 Å². The molecule has 0 saturated carbocycles. The van der Waals surface area contributed by atoms with Crippen LogP contribution < -0.4 is 0 Å². The maximum Gasteiger partial charge on any atom is 0.306 e. The Morgan fingerprint density at radius 2 is 1.20 bits per heavy atom. The van der Waals surface area contributed by atoms with Crippen LogP contribution in [-0.2, 0) is 23.7 Å². The second kappa shape index (κ2) is 33.0. The first kappa shape index (κ1) is 46.2. The van der Waals surface area contributed by atoms with E-state index in [1.807, 2.05) is 0 Å². The van der Waals surface area contributed by atoms with Gasteiger partial charge >= 0.3 is 5.97 Å². The molecule has 1 saturated heterocycles. The number of aliphatic hydroxyl groups is 4. The number of carbonyl (C=O) groups excluding carboxylic acids is 1. The van der Waals surface area contributed by atoms with E-state index >= 15 is 0 Å². The van der Waals surface area contributed by atoms with Crippen LogP contribution in [0.1, 0.15) is 142 Å². The summed E-state index contributed by atoms with van der Waals surface area (Å²) in [4.78, 5) is 12.7. The third-order valence-corrected chi connectivity index (χ3v) is 8.76. The first-order valence-corrected chi connectivity index (χ1v) is 19.7. The summed E-state index contributed by atoms with van der Waals surface area (Å²) in [6.07, 6.45) is 31.5. The molecule has 6 atom stereocenters. The highest BCUT2D eigenvalue weighted by Crippen LogP contribution is 2.22. The second-order valence-electron chi connectivity index (χ2n) is 13.4. The van der Waals surface area contributed by atoms with Crippen LogP contribution in [0.15, 0.2) is 48.6 Å². The minimum absolute atomic E-state index is 0.107. The molecule has 4 N–H and O–H groups in total. The van der Waals surface area contributed by atoms with Crippen molar-refractivity contribution in [3.8, 4) is 0 Å². The van der Waals surface area contributed by atoms with E-state index in [4.69, 9.17) is 18.9 Å². The van der Waals surface area contributed by atoms with E-state index in [1.54, 1.807) is 0 Å². The summed E-state index contributed by atoms with van der Waals surface area (Å²) in [6.45, 7) is 4.28. The maximum absolute atomic E-state index is 12.7. The van der Waals surface area contributed by atoms with Crippen molar-refractivity contribution in [1.29, 1.82) is 0 Å². The summed E-state index contributed by atoms with van der Waals surface area (Å²) in [5, 5.41) is 39.9. The van der Waals surface area contributed by atoms with Crippen molar-refractivity contribution in [2.45, 2.75) is 179 Å². The maximum atomic E-state index is 12.7. The first-order valence-electron chi connectivity index (χ1n) is 19.7. The largest absolute Gasteiger partial charge is 0.457 e. The molecular weight excluding hydrogens is 636 g/mol. The van der Waals surface area contributed by atoms with E-state index in [1.165, 1.54) is 64.2 Å². The number of unbranched alkanes of at least 4 members (excludes halogenated alkanes) is 13. The molecular formula is C41H72O9. The number of rotatable bonds is 32. The van der Waals surface area contributed by atoms with E-state index in [0.29, 0.717) is 13.0 Å². The highest BCUT2D eigenvalue weighted by atomic mass is 16.7. The molecule has 1 aliphatic heterocycles. The predicted molar refractivity (Wildman–Crippen MR) is 201 cm³/mol. The molecule has 0 aromatic carbocycles. The molecule has 0 aromatic rings. The number of ether oxygens (including phenoxy) is 4. The Kier molecular flexibility index (Phi) is 30.5. The quantitative estimate of drug-likeness (QED) is 0.0314. The van der Waals surface area contributed by atoms with E-state index in [-0.39, 0.29) is 19.2 Å². The molecule has 0 radical (unpaired) electrons. The topological polar surface area (TPSA) is 135 Å². The van der Waals surface area contributed by atoms with Gasteiger partial charge in [-0.25, -0.2) is 0 Å². The van der Waals surface area contributed by atoms with E-state index in [2.05, 4.69) is 62.5 Å². The molecule has 0 amide bonds. The molecule has 1 fully saturated rings. The highest BCUT2D eigenvalue weighted by Gasteiger charge is 2.44. The number of hydrogen-bond acceptors (Lipinski definition) is 9. The van der Waals surface area contributed by atoms with Gasteiger partial charge in [-0.2, -0.15) is 0 Å². The average molecular weight is 709 g/mol. The van der Waals surface area contributed by atoms with Crippen LogP contribution in [0.5, 0.6) is 0 Å². The summed E-state index contributed by atoms with van der Waals surface area (Å²) in [6, 6.07) is 0. The normalized spacial score (nSPS) is 22.1. The molecule has 0 aliphatic carbocycles. The van der Waals surface area contributed by atoms with Crippen molar-refractivity contribution < 1.29 is 44.2 Å². The second-order valence-corrected chi connectivity index (χ2v) is 13.4. The lowest BCUT2D eigenvalue weighted by Crippen LogP contribution is -2.59. The van der Waals surface area contributed by atoms with Gasteiger partial charge in [-0.1, -0.05) is 140 Å². The molecule has 0 aromatic heterocycles. The van der Waals surface area contributed by atoms with Gasteiger partial charge in [-0.3, -0.25) is 4.79 Å². The number of esters is 1. The van der Waals surface area contributed by atoms with Crippen LogP contribution in [-0.4, -0.2) is 89.6 Å². The summed E-state index contributed by atoms with van der Waals surface area (Å²) >= 11 is 0. The van der Waals surface area contributed by atoms with Crippen molar-refractivity contribution in [1.82, 2.24) is 0 Å². The number of carbonyl (C=O) groups is 1. The van der Waals surface area contributed by atoms with Crippen LogP contribution in [0.25, 0.3) is 0 Å². The Hall–Kier alpha value is -1.85. The van der Waals surface area contributed by atoms with Crippen molar-refractivity contribution >= 4 is 5.97 Å². The lowest BCUT2D eigenvalue weighted by atomic mass is 9.99. The fourth-order valence-corrected chi connectivity index (χ4v) is 5.67. The van der Waals surface area contributed by atoms with Gasteiger partial charge in [0.15, 0.2) is 6.29 Å². The minimum atomic E-state index is -1.54. The zero-order chi connectivity index (χ0) is 36.5. The van der Waals surface area contributed by atoms with Crippen molar-refractivity contribution in [3.63, 3.8) is 0 Å². The Bertz CT molecular complexity index is 900. The molecule has 50 heavy (non-hydrogen) atoms. The van der Waals surface area contributed by atoms with Crippen LogP contribution in [0.4, 0.5) is 0 Å². The summed E-state index contributed by atoms with van der Waals surface area (Å²) in [7, 11) is 0. The van der Waals surface area contributed by atoms with E-state index < -0.39 is 43.4 Å². The standard InChI is InChI=1S/C41H72O9/c1-3-5-7-9-11-13-15-17-19-21-23-25-27-29-31-47-33-35(34-48-41-40(46)39(45)38(44)36(32-42)50-41)49-37(43)30-28-26-24-22-20-18-16-14-12-10-8-6-4-2/h5,7,11,13,17,19,23,25,35-36,38-42,44-46H,3-4,6,8-10,12,14-16,18,20-22,24,26-34H2,1-2H3/b7-5-,13-11-,19-17-,25-23-. The Morgan fingerprint density at radius 1 is 0.660 bits per heavy atom. The van der Waals surface area contributed by atoms with Gasteiger partial charge in [0, 0.05) is 13.0 Å². The van der Waals surface area contributed by atoms with Crippen LogP contribution in [0, 0.1) is 0 Å². The fraction of sp³-hybridized carbons (Fsp3) is 0.780. The SMILES string of the molecule is CC/C=C\C/C=C\C/C=C\C/C=C\CCCOCC(COC1OC(CO)C(O)C(O)C1O)OC(=O)CCCCCCCCCCCCCCC. The van der Waals surface area contributed by atoms with Crippen LogP contribution >= 0.6 is 0 Å². The van der Waals surface area contributed by atoms with Crippen LogP contribution in [0.3, 0.4) is 0 Å². The van der Waals surface area contributed by atoms with Gasteiger partial charge in [0.25, 0.3) is 0 Å². The van der Waals surface area contributed by atoms with E-state index in [9.17, 15) is 25.2 Å². The van der Waals surface area contributed by atoms with Crippen molar-refractivity contribution in [2.75, 3.05) is 26.4 Å². The van der Waals surface area contributed by atoms with Gasteiger partial charge in [-0.05, 0) is 44.9 Å². The third kappa shape index (κ3) is 24.4. The van der Waals surface area contributed by atoms with Crippen molar-refractivity contribution in [3.05, 3.63) is 48.6 Å². The predicted octanol–water partition coefficient (Wildman–Crippen LogP) is 7.80. The van der Waals surface area contributed by atoms with Crippen molar-refractivity contribution in [2.24, 2.45) is 0 Å². The Balaban J connectivity index is 2.37. The van der Waals surface area contributed by atoms with Gasteiger partial charge in [-0.15, -0.1) is 0 Å². The highest BCUT2D eigenvalue weighted by molar-refractivity contribution is 5.69. The zero-order valence-electron chi connectivity index (χ0n) is 31.4. The fourth-order valence-electron chi connectivity index (χ4n) is 5.67. The zero-order valence-corrected chi connectivity index (χ0v) is 31.4. The molecule has 0 spiro atoms. The van der Waals surface area contributed by atoms with Gasteiger partial charge in [0.2, 0.25) is 0 Å². The summed E-state index contributed by atoms with van der Waals surface area (Å²) < 4.78 is 22.6. The molecule has 1 rings (SSSR count). The number of hydrogen-bond donors (Lipinski definition) is 4. The smallest absolute Gasteiger partial charge is 0.306 e. The molecule has 1 heterocycles.